The fourth-order valence-electron chi connectivity index (χ4n) is 5.32. The third-order valence-electron chi connectivity index (χ3n) is 6.72. The molecule has 2 aliphatic carbocycles. The smallest absolute Gasteiger partial charge is 0.189 e. The van der Waals surface area contributed by atoms with Gasteiger partial charge in [0.25, 0.3) is 0 Å². The van der Waals surface area contributed by atoms with Gasteiger partial charge in [-0.3, -0.25) is 4.79 Å². The van der Waals surface area contributed by atoms with Gasteiger partial charge in [-0.25, -0.2) is 9.98 Å². The molecule has 6 rings (SSSR count). The van der Waals surface area contributed by atoms with Crippen molar-refractivity contribution in [1.29, 1.82) is 0 Å². The van der Waals surface area contributed by atoms with Crippen molar-refractivity contribution in [3.8, 4) is 11.1 Å². The highest BCUT2D eigenvalue weighted by Gasteiger charge is 2.31. The van der Waals surface area contributed by atoms with E-state index in [1.165, 1.54) is 50.1 Å². The van der Waals surface area contributed by atoms with Crippen LogP contribution >= 0.6 is 11.8 Å². The average Bonchev–Trinajstić information content (AvgIpc) is 2.88. The second-order valence-corrected chi connectivity index (χ2v) is 9.29. The number of amidine groups is 1. The van der Waals surface area contributed by atoms with Crippen LogP contribution in [0.15, 0.2) is 76.7 Å². The van der Waals surface area contributed by atoms with Crippen molar-refractivity contribution in [2.45, 2.75) is 31.1 Å². The molecule has 0 spiro atoms. The lowest BCUT2D eigenvalue weighted by Gasteiger charge is -2.32. The first-order valence-corrected chi connectivity index (χ1v) is 12.0. The fourth-order valence-corrected chi connectivity index (χ4v) is 6.18. The lowest BCUT2D eigenvalue weighted by atomic mass is 9.75. The van der Waals surface area contributed by atoms with Gasteiger partial charge in [0.15, 0.2) is 12.1 Å². The molecule has 0 amide bonds. The first-order chi connectivity index (χ1) is 15.8. The number of aryl methyl sites for hydroxylation is 1. The summed E-state index contributed by atoms with van der Waals surface area (Å²) in [7, 11) is 0. The predicted molar refractivity (Wildman–Crippen MR) is 134 cm³/mol. The maximum absolute atomic E-state index is 11.4. The Bertz CT molecular complexity index is 1320. The van der Waals surface area contributed by atoms with Crippen molar-refractivity contribution in [3.05, 3.63) is 94.5 Å². The molecule has 3 aromatic rings. The number of carbonyl (C=O) groups is 1. The molecule has 1 atom stereocenters. The summed E-state index contributed by atoms with van der Waals surface area (Å²) < 4.78 is 0. The third-order valence-corrected chi connectivity index (χ3v) is 7.55. The average molecular weight is 435 g/mol. The molecule has 0 aromatic heterocycles. The molecule has 0 fully saturated rings. The van der Waals surface area contributed by atoms with E-state index in [2.05, 4.69) is 71.7 Å². The summed E-state index contributed by atoms with van der Waals surface area (Å²) in [5.41, 5.74) is 14.0. The monoisotopic (exact) mass is 434 g/mol. The Morgan fingerprint density at radius 1 is 0.781 bits per heavy atom. The van der Waals surface area contributed by atoms with Crippen molar-refractivity contribution >= 4 is 40.6 Å². The molecule has 0 radical (unpaired) electrons. The Morgan fingerprint density at radius 3 is 2.41 bits per heavy atom. The number of fused-ring (bicyclic) bond motifs is 5. The molecular weight excluding hydrogens is 412 g/mol. The number of aliphatic imine (C=N–C) groups is 2. The van der Waals surface area contributed by atoms with Crippen molar-refractivity contribution in [1.82, 2.24) is 0 Å². The zero-order chi connectivity index (χ0) is 21.5. The highest BCUT2D eigenvalue weighted by Crippen LogP contribution is 2.47. The highest BCUT2D eigenvalue weighted by molar-refractivity contribution is 8.13. The van der Waals surface area contributed by atoms with Gasteiger partial charge in [-0.15, -0.1) is 0 Å². The summed E-state index contributed by atoms with van der Waals surface area (Å²) in [6, 6.07) is 24.0. The van der Waals surface area contributed by atoms with E-state index >= 15 is 0 Å². The molecule has 1 heterocycles. The van der Waals surface area contributed by atoms with Gasteiger partial charge in [-0.2, -0.15) is 0 Å². The number of hydrogen-bond acceptors (Lipinski definition) is 4. The Kier molecular flexibility index (Phi) is 4.88. The lowest BCUT2D eigenvalue weighted by molar-refractivity contribution is -0.102. The van der Waals surface area contributed by atoms with Crippen LogP contribution in [0.3, 0.4) is 0 Å². The molecule has 0 saturated heterocycles. The second kappa shape index (κ2) is 8.03. The Hall–Kier alpha value is -3.24. The van der Waals surface area contributed by atoms with Crippen molar-refractivity contribution in [3.63, 3.8) is 0 Å². The molecule has 4 heteroatoms. The maximum Gasteiger partial charge on any atom is 0.189 e. The van der Waals surface area contributed by atoms with E-state index in [-0.39, 0.29) is 11.2 Å². The molecule has 32 heavy (non-hydrogen) atoms. The first kappa shape index (κ1) is 19.4. The number of carbonyl (C=O) groups excluding carboxylic acids is 1. The topological polar surface area (TPSA) is 41.8 Å². The van der Waals surface area contributed by atoms with E-state index in [9.17, 15) is 4.79 Å². The molecule has 3 nitrogen and oxygen atoms in total. The number of nitrogens with zero attached hydrogens (tertiary/aromatic N) is 2. The summed E-state index contributed by atoms with van der Waals surface area (Å²) >= 11 is 1.58. The molecule has 0 bridgehead atoms. The van der Waals surface area contributed by atoms with E-state index in [0.717, 1.165) is 32.0 Å². The highest BCUT2D eigenvalue weighted by atomic mass is 32.2. The number of allylic oxidation sites excluding steroid dienone is 1. The Balaban J connectivity index is 1.57. The van der Waals surface area contributed by atoms with Crippen LogP contribution in [-0.2, 0) is 24.1 Å². The standard InChI is InChI=1S/C28H22N2OS/c31-16-26-29-17-32-28(30-26)27-21(18-6-2-1-3-7-18)12-13-24-23-11-10-19-8-4-5-9-20(19)22(23)14-15-25(24)27/h1-9,14-17,28H,10-13H2. The van der Waals surface area contributed by atoms with Gasteiger partial charge in [0, 0.05) is 0 Å². The summed E-state index contributed by atoms with van der Waals surface area (Å²) in [5.74, 6) is 0.271. The van der Waals surface area contributed by atoms with Gasteiger partial charge in [0.1, 0.15) is 5.37 Å². The lowest BCUT2D eigenvalue weighted by Crippen LogP contribution is -2.19. The van der Waals surface area contributed by atoms with Crippen molar-refractivity contribution < 1.29 is 4.79 Å². The van der Waals surface area contributed by atoms with Crippen molar-refractivity contribution in [2.75, 3.05) is 0 Å². The van der Waals surface area contributed by atoms with Crippen LogP contribution < -0.4 is 0 Å². The van der Waals surface area contributed by atoms with Gasteiger partial charge >= 0.3 is 0 Å². The van der Waals surface area contributed by atoms with Gasteiger partial charge in [0.05, 0.1) is 5.55 Å². The molecule has 1 aliphatic heterocycles. The number of hydrogen-bond donors (Lipinski definition) is 0. The van der Waals surface area contributed by atoms with Crippen LogP contribution in [0.25, 0.3) is 22.3 Å². The Morgan fingerprint density at radius 2 is 1.53 bits per heavy atom. The quantitative estimate of drug-likeness (QED) is 0.474. The van der Waals surface area contributed by atoms with Crippen LogP contribution in [0.2, 0.25) is 0 Å². The van der Waals surface area contributed by atoms with Crippen LogP contribution in [0.1, 0.15) is 34.2 Å². The minimum absolute atomic E-state index is 0.157. The second-order valence-electron chi connectivity index (χ2n) is 8.36. The zero-order valence-corrected chi connectivity index (χ0v) is 18.4. The van der Waals surface area contributed by atoms with Crippen LogP contribution in [0, 0.1) is 0 Å². The number of benzene rings is 3. The van der Waals surface area contributed by atoms with Crippen LogP contribution in [0.5, 0.6) is 0 Å². The number of rotatable bonds is 3. The molecule has 1 unspecified atom stereocenters. The minimum Gasteiger partial charge on any atom is -0.294 e. The summed E-state index contributed by atoms with van der Waals surface area (Å²) in [6.07, 6.45) is 4.92. The molecular formula is C28H22N2OS. The van der Waals surface area contributed by atoms with E-state index in [1.807, 2.05) is 0 Å². The number of thioether (sulfide) groups is 1. The summed E-state index contributed by atoms with van der Waals surface area (Å²) in [5, 5.41) is -0.157. The fraction of sp³-hybridized carbons (Fsp3) is 0.179. The molecule has 0 saturated carbocycles. The van der Waals surface area contributed by atoms with E-state index < -0.39 is 0 Å². The third kappa shape index (κ3) is 3.18. The van der Waals surface area contributed by atoms with Gasteiger partial charge < -0.3 is 0 Å². The zero-order valence-electron chi connectivity index (χ0n) is 17.6. The van der Waals surface area contributed by atoms with Crippen molar-refractivity contribution in [2.24, 2.45) is 9.98 Å². The largest absolute Gasteiger partial charge is 0.294 e. The van der Waals surface area contributed by atoms with Gasteiger partial charge in [0.2, 0.25) is 0 Å². The summed E-state index contributed by atoms with van der Waals surface area (Å²) in [6.45, 7) is 0. The van der Waals surface area contributed by atoms with Crippen LogP contribution in [-0.4, -0.2) is 23.0 Å². The summed E-state index contributed by atoms with van der Waals surface area (Å²) in [4.78, 5) is 20.3. The van der Waals surface area contributed by atoms with E-state index in [4.69, 9.17) is 4.99 Å². The SMILES string of the molecule is O=CC1=NC(C2=C(c3ccccc3)CCc3c2ccc2c3CCc3ccccc3-2)SC=N1. The minimum atomic E-state index is -0.157. The van der Waals surface area contributed by atoms with E-state index in [1.54, 1.807) is 17.3 Å². The molecule has 3 aromatic carbocycles. The van der Waals surface area contributed by atoms with Gasteiger partial charge in [-0.05, 0) is 75.8 Å². The number of aldehydes is 1. The Labute approximate surface area is 192 Å². The molecule has 3 aliphatic rings. The maximum atomic E-state index is 11.4. The van der Waals surface area contributed by atoms with E-state index in [0.29, 0.717) is 0 Å². The molecule has 0 N–H and O–H groups in total. The first-order valence-electron chi connectivity index (χ1n) is 11.1. The van der Waals surface area contributed by atoms with Crippen LogP contribution in [0.4, 0.5) is 0 Å². The van der Waals surface area contributed by atoms with Gasteiger partial charge in [-0.1, -0.05) is 78.5 Å². The molecule has 156 valence electrons. The predicted octanol–water partition coefficient (Wildman–Crippen LogP) is 6.01. The normalized spacial score (nSPS) is 19.0.